The molecule has 0 aliphatic rings. The van der Waals surface area contributed by atoms with E-state index in [4.69, 9.17) is 4.74 Å². The highest BCUT2D eigenvalue weighted by molar-refractivity contribution is 7.98. The van der Waals surface area contributed by atoms with Gasteiger partial charge in [-0.2, -0.15) is 8.78 Å². The van der Waals surface area contributed by atoms with Crippen molar-refractivity contribution in [3.8, 4) is 11.4 Å². The number of rotatable bonds is 7. The van der Waals surface area contributed by atoms with Crippen molar-refractivity contribution in [2.45, 2.75) is 21.6 Å². The van der Waals surface area contributed by atoms with E-state index in [2.05, 4.69) is 4.98 Å². The molecule has 0 spiro atoms. The van der Waals surface area contributed by atoms with Crippen LogP contribution in [0.4, 0.5) is 8.78 Å². The standard InChI is InChI=1S/C18H16F2N2O3S2/c1-25-15-6-4-14(5-7-15)22-11-10-21-18(22)26-12-13-2-8-16(9-3-13)27(23,24)17(19)20/h2-11,17H,12H2,1H3. The van der Waals surface area contributed by atoms with Crippen LogP contribution >= 0.6 is 11.8 Å². The number of nitrogens with zero attached hydrogens (tertiary/aromatic N) is 2. The minimum absolute atomic E-state index is 0.383. The van der Waals surface area contributed by atoms with Crippen LogP contribution in [0, 0.1) is 0 Å². The SMILES string of the molecule is COc1ccc(-n2ccnc2SCc2ccc(S(=O)(=O)C(F)F)cc2)cc1. The maximum absolute atomic E-state index is 12.6. The number of methoxy groups -OCH3 is 1. The molecule has 0 saturated carbocycles. The Kier molecular flexibility index (Phi) is 5.81. The molecule has 0 fully saturated rings. The number of thioether (sulfide) groups is 1. The molecule has 0 atom stereocenters. The molecule has 0 aliphatic carbocycles. The smallest absolute Gasteiger partial charge is 0.341 e. The maximum atomic E-state index is 12.6. The molecule has 0 aliphatic heterocycles. The Balaban J connectivity index is 1.72. The zero-order valence-electron chi connectivity index (χ0n) is 14.2. The number of alkyl halides is 2. The van der Waals surface area contributed by atoms with Gasteiger partial charge in [0, 0.05) is 23.8 Å². The predicted molar refractivity (Wildman–Crippen MR) is 99.3 cm³/mol. The zero-order valence-corrected chi connectivity index (χ0v) is 15.9. The summed E-state index contributed by atoms with van der Waals surface area (Å²) in [4.78, 5) is 3.95. The Hall–Kier alpha value is -2.39. The second-order valence-corrected chi connectivity index (χ2v) is 8.38. The molecule has 0 amide bonds. The van der Waals surface area contributed by atoms with Crippen LogP contribution in [0.1, 0.15) is 5.56 Å². The third kappa shape index (κ3) is 4.30. The summed E-state index contributed by atoms with van der Waals surface area (Å²) in [6.45, 7) is 0. The predicted octanol–water partition coefficient (Wildman–Crippen LogP) is 4.17. The van der Waals surface area contributed by atoms with E-state index in [1.807, 2.05) is 35.0 Å². The van der Waals surface area contributed by atoms with Crippen molar-refractivity contribution >= 4 is 21.6 Å². The Bertz CT molecular complexity index is 1000. The molecule has 0 unspecified atom stereocenters. The van der Waals surface area contributed by atoms with Crippen LogP contribution in [0.25, 0.3) is 5.69 Å². The summed E-state index contributed by atoms with van der Waals surface area (Å²) in [5, 5.41) is 0.754. The topological polar surface area (TPSA) is 61.2 Å². The minimum Gasteiger partial charge on any atom is -0.497 e. The molecule has 0 saturated heterocycles. The molecule has 0 bridgehead atoms. The van der Waals surface area contributed by atoms with Gasteiger partial charge in [-0.3, -0.25) is 4.57 Å². The van der Waals surface area contributed by atoms with Crippen LogP contribution in [-0.2, 0) is 15.6 Å². The second kappa shape index (κ2) is 8.10. The summed E-state index contributed by atoms with van der Waals surface area (Å²) in [5.74, 6) is -2.15. The first-order valence-corrected chi connectivity index (χ1v) is 10.4. The first kappa shape index (κ1) is 19.4. The van der Waals surface area contributed by atoms with E-state index < -0.39 is 15.6 Å². The average molecular weight is 410 g/mol. The number of benzene rings is 2. The van der Waals surface area contributed by atoms with Gasteiger partial charge in [0.2, 0.25) is 9.84 Å². The van der Waals surface area contributed by atoms with Gasteiger partial charge in [0.25, 0.3) is 0 Å². The lowest BCUT2D eigenvalue weighted by molar-refractivity contribution is 0.234. The fraction of sp³-hybridized carbons (Fsp3) is 0.167. The minimum atomic E-state index is -4.57. The third-order valence-corrected chi connectivity index (χ3v) is 6.25. The van der Waals surface area contributed by atoms with Crippen molar-refractivity contribution in [2.24, 2.45) is 0 Å². The van der Waals surface area contributed by atoms with Gasteiger partial charge in [0.05, 0.1) is 12.0 Å². The van der Waals surface area contributed by atoms with Crippen molar-refractivity contribution in [1.29, 1.82) is 0 Å². The first-order valence-electron chi connectivity index (χ1n) is 7.83. The molecule has 1 aromatic heterocycles. The van der Waals surface area contributed by atoms with Gasteiger partial charge < -0.3 is 4.74 Å². The molecule has 142 valence electrons. The molecule has 9 heteroatoms. The summed E-state index contributed by atoms with van der Waals surface area (Å²) >= 11 is 1.45. The van der Waals surface area contributed by atoms with Gasteiger partial charge in [-0.05, 0) is 42.0 Å². The van der Waals surface area contributed by atoms with Crippen molar-refractivity contribution in [3.05, 3.63) is 66.5 Å². The monoisotopic (exact) mass is 410 g/mol. The quantitative estimate of drug-likeness (QED) is 0.547. The molecule has 2 aromatic carbocycles. The van der Waals surface area contributed by atoms with Crippen LogP contribution in [0.3, 0.4) is 0 Å². The summed E-state index contributed by atoms with van der Waals surface area (Å²) in [5.41, 5.74) is 1.73. The number of hydrogen-bond acceptors (Lipinski definition) is 5. The molecule has 27 heavy (non-hydrogen) atoms. The molecule has 0 N–H and O–H groups in total. The summed E-state index contributed by atoms with van der Waals surface area (Å²) in [7, 11) is -2.96. The van der Waals surface area contributed by atoms with E-state index in [0.29, 0.717) is 5.75 Å². The second-order valence-electron chi connectivity index (χ2n) is 5.52. The van der Waals surface area contributed by atoms with Crippen molar-refractivity contribution < 1.29 is 21.9 Å². The fourth-order valence-corrected chi connectivity index (χ4v) is 4.01. The molecule has 0 radical (unpaired) electrons. The van der Waals surface area contributed by atoms with E-state index >= 15 is 0 Å². The van der Waals surface area contributed by atoms with E-state index in [0.717, 1.165) is 22.2 Å². The average Bonchev–Trinajstić information content (AvgIpc) is 3.15. The molecular formula is C18H16F2N2O3S2. The Morgan fingerprint density at radius 1 is 1.11 bits per heavy atom. The van der Waals surface area contributed by atoms with Crippen LogP contribution in [0.15, 0.2) is 71.0 Å². The molecule has 3 rings (SSSR count). The Labute approximate surface area is 159 Å². The lowest BCUT2D eigenvalue weighted by Gasteiger charge is -2.09. The number of sulfone groups is 1. The van der Waals surface area contributed by atoms with Crippen LogP contribution in [0.5, 0.6) is 5.75 Å². The Morgan fingerprint density at radius 2 is 1.78 bits per heavy atom. The number of halogens is 2. The third-order valence-electron chi connectivity index (χ3n) is 3.81. The van der Waals surface area contributed by atoms with Gasteiger partial charge in [-0.15, -0.1) is 0 Å². The summed E-state index contributed by atoms with van der Waals surface area (Å²) < 4.78 is 55.1. The maximum Gasteiger partial charge on any atom is 0.341 e. The van der Waals surface area contributed by atoms with E-state index in [1.54, 1.807) is 13.3 Å². The summed E-state index contributed by atoms with van der Waals surface area (Å²) in [6.07, 6.45) is 3.52. The molecular weight excluding hydrogens is 394 g/mol. The van der Waals surface area contributed by atoms with Crippen molar-refractivity contribution in [3.63, 3.8) is 0 Å². The number of hydrogen-bond donors (Lipinski definition) is 0. The van der Waals surface area contributed by atoms with E-state index in [-0.39, 0.29) is 4.90 Å². The van der Waals surface area contributed by atoms with E-state index in [1.165, 1.54) is 36.0 Å². The lowest BCUT2D eigenvalue weighted by Crippen LogP contribution is -2.11. The van der Waals surface area contributed by atoms with Crippen LogP contribution < -0.4 is 4.74 Å². The number of imidazole rings is 1. The normalized spacial score (nSPS) is 11.7. The Morgan fingerprint density at radius 3 is 2.37 bits per heavy atom. The highest BCUT2D eigenvalue weighted by Gasteiger charge is 2.26. The highest BCUT2D eigenvalue weighted by atomic mass is 32.2. The first-order chi connectivity index (χ1) is 12.9. The highest BCUT2D eigenvalue weighted by Crippen LogP contribution is 2.26. The lowest BCUT2D eigenvalue weighted by atomic mass is 10.2. The van der Waals surface area contributed by atoms with Crippen molar-refractivity contribution in [1.82, 2.24) is 9.55 Å². The molecule has 1 heterocycles. The number of ether oxygens (including phenoxy) is 1. The van der Waals surface area contributed by atoms with Gasteiger partial charge in [0.15, 0.2) is 5.16 Å². The largest absolute Gasteiger partial charge is 0.497 e. The van der Waals surface area contributed by atoms with Gasteiger partial charge in [0.1, 0.15) is 5.75 Å². The van der Waals surface area contributed by atoms with Crippen LogP contribution in [0.2, 0.25) is 0 Å². The van der Waals surface area contributed by atoms with Gasteiger partial charge in [-0.1, -0.05) is 23.9 Å². The summed E-state index contributed by atoms with van der Waals surface area (Å²) in [6, 6.07) is 13.0. The number of aromatic nitrogens is 2. The van der Waals surface area contributed by atoms with Gasteiger partial charge >= 0.3 is 5.76 Å². The molecule has 5 nitrogen and oxygen atoms in total. The van der Waals surface area contributed by atoms with E-state index in [9.17, 15) is 17.2 Å². The van der Waals surface area contributed by atoms with Crippen molar-refractivity contribution in [2.75, 3.05) is 7.11 Å². The van der Waals surface area contributed by atoms with Crippen LogP contribution in [-0.4, -0.2) is 30.8 Å². The van der Waals surface area contributed by atoms with Gasteiger partial charge in [-0.25, -0.2) is 13.4 Å². The zero-order chi connectivity index (χ0) is 19.4. The fourth-order valence-electron chi connectivity index (χ4n) is 2.36. The molecule has 3 aromatic rings.